The van der Waals surface area contributed by atoms with Gasteiger partial charge < -0.3 is 49.1 Å². The van der Waals surface area contributed by atoms with Crippen molar-refractivity contribution in [1.29, 1.82) is 0 Å². The Bertz CT molecular complexity index is 1970. The van der Waals surface area contributed by atoms with E-state index >= 15 is 0 Å². The average molecular weight is 1200 g/mol. The van der Waals surface area contributed by atoms with Crippen LogP contribution in [0.5, 0.6) is 0 Å². The van der Waals surface area contributed by atoms with Gasteiger partial charge >= 0.3 is 29.8 Å². The summed E-state index contributed by atoms with van der Waals surface area (Å²) >= 11 is 0. The summed E-state index contributed by atoms with van der Waals surface area (Å²) in [4.78, 5) is 106. The molecule has 1 saturated heterocycles. The Hall–Kier alpha value is -5.10. The molecule has 0 spiro atoms. The minimum atomic E-state index is -1.59. The van der Waals surface area contributed by atoms with Crippen molar-refractivity contribution in [3.05, 3.63) is 35.9 Å². The van der Waals surface area contributed by atoms with Gasteiger partial charge in [0.1, 0.15) is 37.5 Å². The summed E-state index contributed by atoms with van der Waals surface area (Å²) < 4.78 is 41.0. The number of carbonyl (C=O) groups is 8. The third-order valence-electron chi connectivity index (χ3n) is 15.3. The van der Waals surface area contributed by atoms with Crippen LogP contribution in [0, 0.1) is 0 Å². The van der Waals surface area contributed by atoms with Crippen LogP contribution in [0.3, 0.4) is 0 Å². The molecule has 3 amide bonds. The van der Waals surface area contributed by atoms with E-state index in [1.165, 1.54) is 116 Å². The Labute approximate surface area is 510 Å². The van der Waals surface area contributed by atoms with E-state index in [0.717, 1.165) is 90.0 Å². The molecule has 0 radical (unpaired) electrons. The second kappa shape index (κ2) is 50.0. The van der Waals surface area contributed by atoms with E-state index < -0.39 is 104 Å². The maximum Gasteiger partial charge on any atom is 0.307 e. The largest absolute Gasteiger partial charge is 0.463 e. The van der Waals surface area contributed by atoms with Crippen LogP contribution in [0.4, 0.5) is 0 Å². The molecule has 1 aromatic carbocycles. The smallest absolute Gasteiger partial charge is 0.307 e. The first-order chi connectivity index (χ1) is 41.2. The van der Waals surface area contributed by atoms with Gasteiger partial charge in [-0.15, -0.1) is 0 Å². The number of hydrogen-bond acceptors (Lipinski definition) is 15. The van der Waals surface area contributed by atoms with E-state index in [1.807, 2.05) is 30.3 Å². The summed E-state index contributed by atoms with van der Waals surface area (Å²) in [5, 5.41) is 8.36. The molecule has 85 heavy (non-hydrogen) atoms. The molecule has 1 unspecified atom stereocenters. The predicted molar refractivity (Wildman–Crippen MR) is 329 cm³/mol. The summed E-state index contributed by atoms with van der Waals surface area (Å²) in [6, 6.07) is 6.34. The lowest BCUT2D eigenvalue weighted by molar-refractivity contribution is -0.278. The van der Waals surface area contributed by atoms with E-state index in [-0.39, 0.29) is 38.8 Å². The highest BCUT2D eigenvalue weighted by Crippen LogP contribution is 2.29. The van der Waals surface area contributed by atoms with E-state index in [0.29, 0.717) is 25.7 Å². The van der Waals surface area contributed by atoms with Gasteiger partial charge in [0.25, 0.3) is 0 Å². The predicted octanol–water partition coefficient (Wildman–Crippen LogP) is 13.0. The first-order valence-electron chi connectivity index (χ1n) is 33.2. The lowest BCUT2D eigenvalue weighted by atomic mass is 9.95. The van der Waals surface area contributed by atoms with Gasteiger partial charge in [0.2, 0.25) is 17.7 Å². The van der Waals surface area contributed by atoms with Crippen molar-refractivity contribution in [2.45, 2.75) is 322 Å². The SMILES string of the molecule is CCCCCCCCCCCCCC(=O)N[C@@H](CO[C@@H]1O[C@H](COC(C)=O)[C@@H](OC(C)=O)[C@H](OC(C)=O)[C@H]1NC(=O)CC(CCCCCCCCCCC)OC(=O)CCCCCCCCCCCCC)C(=O)NCCC(=O)OCc1ccccc1. The second-order valence-corrected chi connectivity index (χ2v) is 23.2. The Morgan fingerprint density at radius 2 is 1.00 bits per heavy atom. The van der Waals surface area contributed by atoms with Crippen LogP contribution in [0.2, 0.25) is 0 Å². The maximum atomic E-state index is 14.5. The molecule has 1 aromatic rings. The lowest BCUT2D eigenvalue weighted by Crippen LogP contribution is -2.67. The molecule has 0 aliphatic carbocycles. The summed E-state index contributed by atoms with van der Waals surface area (Å²) in [5.74, 6) is -5.01. The number of esters is 5. The van der Waals surface area contributed by atoms with Gasteiger partial charge in [-0.3, -0.25) is 38.4 Å². The molecule has 0 bridgehead atoms. The van der Waals surface area contributed by atoms with Gasteiger partial charge in [-0.25, -0.2) is 0 Å². The average Bonchev–Trinajstić information content (AvgIpc) is 1.56. The van der Waals surface area contributed by atoms with Crippen LogP contribution in [0.1, 0.15) is 278 Å². The van der Waals surface area contributed by atoms with Crippen LogP contribution in [-0.2, 0) is 78.1 Å². The van der Waals surface area contributed by atoms with Crippen LogP contribution < -0.4 is 16.0 Å². The number of unbranched alkanes of at least 4 members (excludes halogenated alkanes) is 28. The minimum absolute atomic E-state index is 0.0496. The molecule has 18 heteroatoms. The molecule has 0 aromatic heterocycles. The zero-order chi connectivity index (χ0) is 62.1. The fourth-order valence-electron chi connectivity index (χ4n) is 10.5. The van der Waals surface area contributed by atoms with Gasteiger partial charge in [0, 0.05) is 40.2 Å². The second-order valence-electron chi connectivity index (χ2n) is 23.2. The Balaban J connectivity index is 2.38. The summed E-state index contributed by atoms with van der Waals surface area (Å²) in [5.41, 5.74) is 0.796. The van der Waals surface area contributed by atoms with Crippen molar-refractivity contribution in [2.24, 2.45) is 0 Å². The molecule has 7 atom stereocenters. The Morgan fingerprint density at radius 3 is 1.51 bits per heavy atom. The molecule has 486 valence electrons. The number of carbonyl (C=O) groups excluding carboxylic acids is 8. The number of nitrogens with one attached hydrogen (secondary N) is 3. The summed E-state index contributed by atoms with van der Waals surface area (Å²) in [7, 11) is 0. The Morgan fingerprint density at radius 1 is 0.518 bits per heavy atom. The summed E-state index contributed by atoms with van der Waals surface area (Å²) in [6.07, 6.45) is 27.7. The van der Waals surface area contributed by atoms with Gasteiger partial charge in [-0.2, -0.15) is 0 Å². The number of benzene rings is 1. The van der Waals surface area contributed by atoms with E-state index in [2.05, 4.69) is 36.7 Å². The van der Waals surface area contributed by atoms with Crippen molar-refractivity contribution < 1.29 is 71.5 Å². The van der Waals surface area contributed by atoms with Crippen molar-refractivity contribution in [1.82, 2.24) is 16.0 Å². The molecule has 1 heterocycles. The first-order valence-corrected chi connectivity index (χ1v) is 33.2. The Kier molecular flexibility index (Phi) is 44.7. The van der Waals surface area contributed by atoms with Crippen LogP contribution in [-0.4, -0.2) is 110 Å². The molecule has 1 fully saturated rings. The monoisotopic (exact) mass is 1200 g/mol. The van der Waals surface area contributed by atoms with Crippen LogP contribution >= 0.6 is 0 Å². The quantitative estimate of drug-likeness (QED) is 0.0312. The number of ether oxygens (including phenoxy) is 7. The van der Waals surface area contributed by atoms with E-state index in [1.54, 1.807) is 0 Å². The molecule has 3 N–H and O–H groups in total. The van der Waals surface area contributed by atoms with Crippen LogP contribution in [0.15, 0.2) is 30.3 Å². The molecular formula is C67H113N3O15. The topological polar surface area (TPSA) is 237 Å². The molecular weight excluding hydrogens is 1090 g/mol. The van der Waals surface area contributed by atoms with Gasteiger partial charge in [0.15, 0.2) is 18.5 Å². The molecule has 2 rings (SSSR count). The first kappa shape index (κ1) is 76.0. The molecule has 18 nitrogen and oxygen atoms in total. The standard InChI is InChI=1S/C67H113N3O15/c1-7-10-13-16-19-22-24-27-30-33-39-44-59(74)69-57(66(78)68-47-46-61(76)80-49-55-41-36-35-37-42-55)50-81-67-63(65(83-54(6)73)64(82-53(5)72)58(85-67)51-79-52(4)71)70-60(75)48-56(43-38-32-29-26-21-18-15-12-9-3)84-62(77)45-40-34-31-28-25-23-20-17-14-11-8-2/h35-37,41-42,56-58,63-65,67H,7-34,38-40,43-51H2,1-6H3,(H,68,78)(H,69,74)(H,70,75)/t56?,57-,58+,63+,64+,65+,67+/m0/s1. The molecule has 1 aliphatic heterocycles. The van der Waals surface area contributed by atoms with Crippen molar-refractivity contribution in [3.63, 3.8) is 0 Å². The zero-order valence-electron chi connectivity index (χ0n) is 53.3. The number of rotatable bonds is 52. The van der Waals surface area contributed by atoms with E-state index in [4.69, 9.17) is 33.2 Å². The van der Waals surface area contributed by atoms with Gasteiger partial charge in [0.05, 0.1) is 19.4 Å². The fraction of sp³-hybridized carbons (Fsp3) is 0.791. The molecule has 1 aliphatic rings. The third-order valence-corrected chi connectivity index (χ3v) is 15.3. The van der Waals surface area contributed by atoms with Crippen LogP contribution in [0.25, 0.3) is 0 Å². The number of hydrogen-bond donors (Lipinski definition) is 3. The van der Waals surface area contributed by atoms with Gasteiger partial charge in [-0.1, -0.05) is 231 Å². The number of amides is 3. The highest BCUT2D eigenvalue weighted by molar-refractivity contribution is 5.88. The highest BCUT2D eigenvalue weighted by atomic mass is 16.7. The highest BCUT2D eigenvalue weighted by Gasteiger charge is 2.52. The zero-order valence-corrected chi connectivity index (χ0v) is 53.3. The van der Waals surface area contributed by atoms with E-state index in [9.17, 15) is 38.4 Å². The third kappa shape index (κ3) is 39.3. The van der Waals surface area contributed by atoms with Crippen molar-refractivity contribution in [3.8, 4) is 0 Å². The molecule has 0 saturated carbocycles. The normalized spacial score (nSPS) is 17.2. The maximum absolute atomic E-state index is 14.5. The fourth-order valence-corrected chi connectivity index (χ4v) is 10.5. The van der Waals surface area contributed by atoms with Crippen molar-refractivity contribution >= 4 is 47.6 Å². The minimum Gasteiger partial charge on any atom is -0.463 e. The lowest BCUT2D eigenvalue weighted by Gasteiger charge is -2.45. The summed E-state index contributed by atoms with van der Waals surface area (Å²) in [6.45, 7) is 8.92. The van der Waals surface area contributed by atoms with Gasteiger partial charge in [-0.05, 0) is 31.2 Å². The van der Waals surface area contributed by atoms with Crippen molar-refractivity contribution in [2.75, 3.05) is 19.8 Å².